The average Bonchev–Trinajstić information content (AvgIpc) is 3.12. The van der Waals surface area contributed by atoms with Crippen LogP contribution in [0.5, 0.6) is 0 Å². The minimum atomic E-state index is -4.18. The van der Waals surface area contributed by atoms with Crippen LogP contribution in [0.15, 0.2) is 35.2 Å². The highest BCUT2D eigenvalue weighted by atomic mass is 35.5. The highest BCUT2D eigenvalue weighted by molar-refractivity contribution is 7.92. The summed E-state index contributed by atoms with van der Waals surface area (Å²) in [6.45, 7) is -0.285. The molecule has 0 aliphatic heterocycles. The lowest BCUT2D eigenvalue weighted by Crippen LogP contribution is -2.57. The fraction of sp³-hybridized carbons (Fsp3) is 0.429. The number of nitrogens with one attached hydrogen (secondary N) is 3. The molecule has 2 fully saturated rings. The van der Waals surface area contributed by atoms with Gasteiger partial charge >= 0.3 is 6.09 Å². The molecule has 45 heavy (non-hydrogen) atoms. The molecule has 12 nitrogen and oxygen atoms in total. The van der Waals surface area contributed by atoms with Crippen LogP contribution in [0.25, 0.3) is 0 Å². The van der Waals surface area contributed by atoms with Crippen LogP contribution in [0.3, 0.4) is 0 Å². The van der Waals surface area contributed by atoms with E-state index in [1.807, 2.05) is 0 Å². The SMILES string of the molecule is COC(=O)N[C@@H](CC(N)=O)C(=O)NC[C@]1(O)C2CCC1C[C@@H](S(=O)(=O)c1cc(C(=O)Nc3cc(F)c(F)c(F)c3)ccc1Cl)C2. The highest BCUT2D eigenvalue weighted by Crippen LogP contribution is 2.52. The summed E-state index contributed by atoms with van der Waals surface area (Å²) in [4.78, 5) is 48.2. The van der Waals surface area contributed by atoms with E-state index in [0.717, 1.165) is 13.2 Å². The molecule has 4 rings (SSSR count). The van der Waals surface area contributed by atoms with Gasteiger partial charge < -0.3 is 31.5 Å². The van der Waals surface area contributed by atoms with E-state index < -0.39 is 91.9 Å². The zero-order valence-electron chi connectivity index (χ0n) is 23.7. The molecule has 0 saturated heterocycles. The van der Waals surface area contributed by atoms with E-state index in [1.165, 1.54) is 12.1 Å². The molecule has 2 aliphatic carbocycles. The third-order valence-corrected chi connectivity index (χ3v) is 11.0. The van der Waals surface area contributed by atoms with Crippen molar-refractivity contribution in [3.05, 3.63) is 58.4 Å². The molecule has 0 heterocycles. The number of alkyl carbamates (subject to hydrolysis) is 1. The molecular formula is C28H30ClF3N4O8S. The molecule has 2 saturated carbocycles. The Kier molecular flexibility index (Phi) is 9.99. The number of carbonyl (C=O) groups is 4. The topological polar surface area (TPSA) is 194 Å². The van der Waals surface area contributed by atoms with Gasteiger partial charge in [0.25, 0.3) is 5.91 Å². The van der Waals surface area contributed by atoms with Crippen molar-refractivity contribution in [2.24, 2.45) is 17.6 Å². The minimum Gasteiger partial charge on any atom is -0.453 e. The highest BCUT2D eigenvalue weighted by Gasteiger charge is 2.55. The first-order valence-electron chi connectivity index (χ1n) is 13.7. The lowest BCUT2D eigenvalue weighted by Gasteiger charge is -2.42. The monoisotopic (exact) mass is 674 g/mol. The number of hydrogen-bond donors (Lipinski definition) is 5. The van der Waals surface area contributed by atoms with E-state index >= 15 is 0 Å². The smallest absolute Gasteiger partial charge is 0.407 e. The van der Waals surface area contributed by atoms with Gasteiger partial charge in [-0.25, -0.2) is 26.4 Å². The summed E-state index contributed by atoms with van der Waals surface area (Å²) in [7, 11) is -3.12. The Hall–Kier alpha value is -3.89. The van der Waals surface area contributed by atoms with Gasteiger partial charge in [0.1, 0.15) is 6.04 Å². The lowest BCUT2D eigenvalue weighted by molar-refractivity contribution is -0.129. The number of rotatable bonds is 10. The van der Waals surface area contributed by atoms with Gasteiger partial charge in [-0.05, 0) is 55.7 Å². The van der Waals surface area contributed by atoms with E-state index in [0.29, 0.717) is 25.0 Å². The number of carbonyl (C=O) groups excluding carboxylic acids is 4. The third kappa shape index (κ3) is 7.17. The summed E-state index contributed by atoms with van der Waals surface area (Å²) in [5, 5.41) is 17.3. The maximum absolute atomic E-state index is 13.8. The Bertz CT molecular complexity index is 1610. The molecule has 2 unspecified atom stereocenters. The van der Waals surface area contributed by atoms with Crippen molar-refractivity contribution in [1.82, 2.24) is 10.6 Å². The number of nitrogens with two attached hydrogens (primary N) is 1. The normalized spacial score (nSPS) is 23.1. The van der Waals surface area contributed by atoms with Crippen molar-refractivity contribution >= 4 is 50.9 Å². The summed E-state index contributed by atoms with van der Waals surface area (Å²) >= 11 is 6.24. The number of benzene rings is 2. The van der Waals surface area contributed by atoms with Crippen LogP contribution < -0.4 is 21.7 Å². The summed E-state index contributed by atoms with van der Waals surface area (Å²) in [5.41, 5.74) is 3.08. The molecule has 0 radical (unpaired) electrons. The largest absolute Gasteiger partial charge is 0.453 e. The maximum atomic E-state index is 13.8. The van der Waals surface area contributed by atoms with Gasteiger partial charge in [0.2, 0.25) is 11.8 Å². The lowest BCUT2D eigenvalue weighted by atomic mass is 9.74. The predicted molar refractivity (Wildman–Crippen MR) is 153 cm³/mol. The number of hydrogen-bond acceptors (Lipinski definition) is 8. The number of anilines is 1. The van der Waals surface area contributed by atoms with Gasteiger partial charge in [0.15, 0.2) is 27.3 Å². The van der Waals surface area contributed by atoms with Crippen LogP contribution in [0.4, 0.5) is 23.7 Å². The van der Waals surface area contributed by atoms with Gasteiger partial charge in [-0.3, -0.25) is 14.4 Å². The van der Waals surface area contributed by atoms with Crippen molar-refractivity contribution < 1.29 is 50.6 Å². The molecule has 244 valence electrons. The van der Waals surface area contributed by atoms with Crippen LogP contribution in [-0.4, -0.2) is 67.9 Å². The molecule has 0 aromatic heterocycles. The van der Waals surface area contributed by atoms with Crippen LogP contribution in [0.1, 0.15) is 42.5 Å². The summed E-state index contributed by atoms with van der Waals surface area (Å²) in [5.74, 6) is -8.49. The standard InChI is InChI=1S/C28H30ClF3N4O8S/c1-44-27(40)36-21(11-23(33)37)26(39)34-12-28(41)14-3-4-15(28)8-17(7-14)45(42,43)22-6-13(2-5-18(22)29)25(38)35-16-9-19(30)24(32)20(31)10-16/h2,5-6,9-10,14-15,17,21,41H,3-4,7-8,11-12H2,1H3,(H2,33,37)(H,34,39)(H,35,38)(H,36,40)/t14?,15?,17-,21-,28-/m0/s1. The second-order valence-electron chi connectivity index (χ2n) is 11.0. The van der Waals surface area contributed by atoms with Crippen molar-refractivity contribution in [2.75, 3.05) is 19.0 Å². The summed E-state index contributed by atoms with van der Waals surface area (Å²) in [6, 6.07) is 3.19. The van der Waals surface area contributed by atoms with Gasteiger partial charge in [0.05, 0.1) is 34.3 Å². The Morgan fingerprint density at radius 2 is 1.69 bits per heavy atom. The zero-order chi connectivity index (χ0) is 33.3. The molecule has 17 heteroatoms. The Morgan fingerprint density at radius 3 is 2.24 bits per heavy atom. The predicted octanol–water partition coefficient (Wildman–Crippen LogP) is 2.42. The Morgan fingerprint density at radius 1 is 1.09 bits per heavy atom. The number of fused-ring (bicyclic) bond motifs is 2. The molecule has 4 amide bonds. The molecule has 2 aromatic rings. The average molecular weight is 675 g/mol. The number of ether oxygens (including phenoxy) is 1. The molecule has 2 aliphatic rings. The zero-order valence-corrected chi connectivity index (χ0v) is 25.3. The molecule has 0 spiro atoms. The minimum absolute atomic E-state index is 0.00276. The summed E-state index contributed by atoms with van der Waals surface area (Å²) in [6.07, 6.45) is -0.597. The molecule has 6 N–H and O–H groups in total. The number of amides is 4. The van der Waals surface area contributed by atoms with Crippen molar-refractivity contribution in [1.29, 1.82) is 0 Å². The number of sulfone groups is 1. The van der Waals surface area contributed by atoms with Crippen LogP contribution in [0, 0.1) is 29.3 Å². The molecular weight excluding hydrogens is 645 g/mol. The van der Waals surface area contributed by atoms with E-state index in [1.54, 1.807) is 0 Å². The number of methoxy groups -OCH3 is 1. The van der Waals surface area contributed by atoms with Crippen molar-refractivity contribution in [2.45, 2.75) is 53.9 Å². The third-order valence-electron chi connectivity index (χ3n) is 8.30. The second-order valence-corrected chi connectivity index (χ2v) is 13.6. The fourth-order valence-corrected chi connectivity index (χ4v) is 8.39. The second kappa shape index (κ2) is 13.2. The Balaban J connectivity index is 1.48. The van der Waals surface area contributed by atoms with Crippen molar-refractivity contribution in [3.63, 3.8) is 0 Å². The van der Waals surface area contributed by atoms with E-state index in [2.05, 4.69) is 20.7 Å². The molecule has 2 bridgehead atoms. The van der Waals surface area contributed by atoms with E-state index in [-0.39, 0.29) is 34.9 Å². The van der Waals surface area contributed by atoms with Gasteiger partial charge in [0, 0.05) is 29.9 Å². The number of primary amides is 1. The van der Waals surface area contributed by atoms with Crippen LogP contribution in [0.2, 0.25) is 5.02 Å². The summed E-state index contributed by atoms with van der Waals surface area (Å²) < 4.78 is 72.5. The first-order valence-corrected chi connectivity index (χ1v) is 15.6. The first-order chi connectivity index (χ1) is 21.1. The van der Waals surface area contributed by atoms with Gasteiger partial charge in [-0.15, -0.1) is 0 Å². The number of aliphatic hydroxyl groups is 1. The van der Waals surface area contributed by atoms with Crippen LogP contribution in [-0.2, 0) is 24.2 Å². The van der Waals surface area contributed by atoms with Crippen LogP contribution >= 0.6 is 11.6 Å². The molecule has 3 atom stereocenters. The fourth-order valence-electron chi connectivity index (χ4n) is 5.99. The van der Waals surface area contributed by atoms with Gasteiger partial charge in [-0.1, -0.05) is 11.6 Å². The van der Waals surface area contributed by atoms with E-state index in [9.17, 15) is 45.9 Å². The maximum Gasteiger partial charge on any atom is 0.407 e. The first kappa shape index (κ1) is 34.0. The van der Waals surface area contributed by atoms with E-state index in [4.69, 9.17) is 17.3 Å². The number of halogens is 4. The quantitative estimate of drug-likeness (QED) is 0.237. The Labute approximate surface area is 260 Å². The van der Waals surface area contributed by atoms with Crippen molar-refractivity contribution in [3.8, 4) is 0 Å². The van der Waals surface area contributed by atoms with Gasteiger partial charge in [-0.2, -0.15) is 0 Å². The molecule has 2 aromatic carbocycles.